The zero-order valence-corrected chi connectivity index (χ0v) is 25.9. The first-order valence-electron chi connectivity index (χ1n) is 15.6. The van der Waals surface area contributed by atoms with Gasteiger partial charge in [-0.25, -0.2) is 14.4 Å². The molecule has 4 aliphatic rings. The first kappa shape index (κ1) is 30.4. The highest BCUT2D eigenvalue weighted by Gasteiger charge is 2.34. The van der Waals surface area contributed by atoms with E-state index in [-0.39, 0.29) is 24.6 Å². The molecule has 4 aliphatic heterocycles. The average Bonchev–Trinajstić information content (AvgIpc) is 3.11. The maximum atomic E-state index is 14.6. The number of nitrogens with zero attached hydrogens (tertiary/aromatic N) is 4. The van der Waals surface area contributed by atoms with Crippen LogP contribution in [-0.4, -0.2) is 79.8 Å². The third kappa shape index (κ3) is 6.28. The van der Waals surface area contributed by atoms with Gasteiger partial charge in [0, 0.05) is 38.6 Å². The van der Waals surface area contributed by atoms with Crippen LogP contribution in [0.2, 0.25) is 0 Å². The Morgan fingerprint density at radius 3 is 2.57 bits per heavy atom. The minimum Gasteiger partial charge on any atom is -0.493 e. The Labute approximate surface area is 271 Å². The first-order chi connectivity index (χ1) is 23.0. The van der Waals surface area contributed by atoms with Crippen LogP contribution in [0.3, 0.4) is 0 Å². The summed E-state index contributed by atoms with van der Waals surface area (Å²) in [7, 11) is 1.57. The Balaban J connectivity index is 1.27. The summed E-state index contributed by atoms with van der Waals surface area (Å²) >= 11 is 0. The highest BCUT2D eigenvalue weighted by molar-refractivity contribution is 5.95. The van der Waals surface area contributed by atoms with Gasteiger partial charge in [0.1, 0.15) is 17.3 Å². The van der Waals surface area contributed by atoms with Gasteiger partial charge in [-0.3, -0.25) is 9.59 Å². The van der Waals surface area contributed by atoms with Crippen molar-refractivity contribution in [2.75, 3.05) is 58.0 Å². The maximum absolute atomic E-state index is 14.6. The Kier molecular flexibility index (Phi) is 8.58. The van der Waals surface area contributed by atoms with E-state index in [0.717, 1.165) is 16.7 Å². The van der Waals surface area contributed by atoms with E-state index in [1.807, 2.05) is 46.2 Å². The lowest BCUT2D eigenvalue weighted by Gasteiger charge is -2.38. The van der Waals surface area contributed by atoms with Gasteiger partial charge in [-0.1, -0.05) is 12.1 Å². The molecule has 8 bridgehead atoms. The van der Waals surface area contributed by atoms with E-state index in [2.05, 4.69) is 15.3 Å². The van der Waals surface area contributed by atoms with Crippen molar-refractivity contribution in [1.82, 2.24) is 20.2 Å². The number of carbonyl (C=O) groups excluding carboxylic acids is 2. The fraction of sp³-hybridized carbons (Fsp3) is 0.314. The fourth-order valence-electron chi connectivity index (χ4n) is 6.17. The Morgan fingerprint density at radius 1 is 0.979 bits per heavy atom. The first-order valence-corrected chi connectivity index (χ1v) is 15.6. The number of halogens is 1. The van der Waals surface area contributed by atoms with Crippen LogP contribution in [0.1, 0.15) is 49.9 Å². The van der Waals surface area contributed by atoms with Crippen molar-refractivity contribution in [3.63, 3.8) is 0 Å². The summed E-state index contributed by atoms with van der Waals surface area (Å²) in [6, 6.07) is 15.0. The topological polar surface area (TPSA) is 115 Å². The van der Waals surface area contributed by atoms with E-state index in [0.29, 0.717) is 80.2 Å². The van der Waals surface area contributed by atoms with E-state index in [1.54, 1.807) is 19.5 Å². The fourth-order valence-corrected chi connectivity index (χ4v) is 6.17. The number of hydrogen-bond donors (Lipinski definition) is 1. The molecule has 4 aromatic rings. The SMILES string of the molecule is COc1ccc2cc1OCCCNC(=O)c1cc(ccc1F)Oc1ccc3c(c1)CCN(C(=O)c1cnc(N4CCOCC4)nc1)C23. The zero-order valence-electron chi connectivity index (χ0n) is 25.9. The number of methoxy groups -OCH3 is 1. The van der Waals surface area contributed by atoms with Crippen molar-refractivity contribution in [2.45, 2.75) is 18.9 Å². The van der Waals surface area contributed by atoms with Crippen LogP contribution in [0.25, 0.3) is 0 Å². The van der Waals surface area contributed by atoms with Crippen LogP contribution in [-0.2, 0) is 11.2 Å². The Bertz CT molecular complexity index is 1800. The molecule has 5 heterocycles. The number of benzene rings is 3. The molecule has 1 N–H and O–H groups in total. The summed E-state index contributed by atoms with van der Waals surface area (Å²) in [5.74, 6) is 1.13. The summed E-state index contributed by atoms with van der Waals surface area (Å²) in [5.41, 5.74) is 3.05. The number of aromatic nitrogens is 2. The van der Waals surface area contributed by atoms with Crippen molar-refractivity contribution >= 4 is 17.8 Å². The highest BCUT2D eigenvalue weighted by atomic mass is 19.1. The van der Waals surface area contributed by atoms with E-state index >= 15 is 0 Å². The lowest BCUT2D eigenvalue weighted by Crippen LogP contribution is -2.41. The molecule has 11 nitrogen and oxygen atoms in total. The largest absolute Gasteiger partial charge is 0.493 e. The smallest absolute Gasteiger partial charge is 0.257 e. The normalized spacial score (nSPS) is 17.9. The molecular weight excluding hydrogens is 605 g/mol. The number of nitrogens with one attached hydrogen (secondary N) is 1. The second kappa shape index (κ2) is 13.2. The van der Waals surface area contributed by atoms with E-state index in [1.165, 1.54) is 18.2 Å². The number of anilines is 1. The van der Waals surface area contributed by atoms with Gasteiger partial charge < -0.3 is 34.1 Å². The molecule has 0 aliphatic carbocycles. The molecule has 1 saturated heterocycles. The van der Waals surface area contributed by atoms with Gasteiger partial charge in [-0.05, 0) is 72.0 Å². The van der Waals surface area contributed by atoms with Crippen LogP contribution in [0.15, 0.2) is 67.0 Å². The summed E-state index contributed by atoms with van der Waals surface area (Å²) in [5, 5.41) is 2.75. The lowest BCUT2D eigenvalue weighted by atomic mass is 9.87. The third-order valence-electron chi connectivity index (χ3n) is 8.57. The van der Waals surface area contributed by atoms with Crippen molar-refractivity contribution in [3.05, 3.63) is 101 Å². The molecule has 0 radical (unpaired) electrons. The molecule has 2 amide bonds. The van der Waals surface area contributed by atoms with Crippen LogP contribution in [0.4, 0.5) is 10.3 Å². The number of ether oxygens (including phenoxy) is 4. The molecule has 242 valence electrons. The highest BCUT2D eigenvalue weighted by Crippen LogP contribution is 2.41. The molecule has 1 unspecified atom stereocenters. The number of morpholine rings is 1. The molecule has 47 heavy (non-hydrogen) atoms. The monoisotopic (exact) mass is 639 g/mol. The van der Waals surface area contributed by atoms with Crippen LogP contribution >= 0.6 is 0 Å². The molecular formula is C35H34FN5O6. The predicted molar refractivity (Wildman–Crippen MR) is 170 cm³/mol. The van der Waals surface area contributed by atoms with Gasteiger partial charge in [0.25, 0.3) is 11.8 Å². The number of fused-ring (bicyclic) bond motifs is 6. The number of amides is 2. The van der Waals surface area contributed by atoms with Gasteiger partial charge in [0.2, 0.25) is 5.95 Å². The van der Waals surface area contributed by atoms with Gasteiger partial charge in [-0.15, -0.1) is 0 Å². The van der Waals surface area contributed by atoms with Gasteiger partial charge in [0.15, 0.2) is 11.5 Å². The molecule has 1 atom stereocenters. The van der Waals surface area contributed by atoms with E-state index in [4.69, 9.17) is 18.9 Å². The Hall–Kier alpha value is -5.23. The minimum absolute atomic E-state index is 0.104. The summed E-state index contributed by atoms with van der Waals surface area (Å²) < 4.78 is 37.9. The molecule has 0 saturated carbocycles. The quantitative estimate of drug-likeness (QED) is 0.345. The molecule has 1 fully saturated rings. The summed E-state index contributed by atoms with van der Waals surface area (Å²) in [6.07, 6.45) is 4.21. The Morgan fingerprint density at radius 2 is 1.77 bits per heavy atom. The average molecular weight is 640 g/mol. The van der Waals surface area contributed by atoms with Gasteiger partial charge in [0.05, 0.1) is 44.1 Å². The lowest BCUT2D eigenvalue weighted by molar-refractivity contribution is 0.0693. The molecule has 8 rings (SSSR count). The molecule has 3 aromatic carbocycles. The number of carbonyl (C=O) groups is 2. The summed E-state index contributed by atoms with van der Waals surface area (Å²) in [4.78, 5) is 39.8. The second-order valence-electron chi connectivity index (χ2n) is 11.5. The van der Waals surface area contributed by atoms with Crippen molar-refractivity contribution < 1.29 is 32.9 Å². The standard InChI is InChI=1S/C35H34FN5O6/c1-44-30-8-3-23-18-31(30)46-14-2-10-37-33(42)28-19-26(5-7-29(28)36)47-25-4-6-27-22(17-25)9-11-41(32(23)27)34(43)24-20-38-35(39-21-24)40-12-15-45-16-13-40/h3-8,17-21,32H,2,9-16H2,1H3,(H,37,42). The van der Waals surface area contributed by atoms with Crippen molar-refractivity contribution in [2.24, 2.45) is 0 Å². The van der Waals surface area contributed by atoms with E-state index < -0.39 is 17.8 Å². The van der Waals surface area contributed by atoms with Crippen LogP contribution in [0, 0.1) is 5.82 Å². The molecule has 1 aromatic heterocycles. The van der Waals surface area contributed by atoms with Crippen molar-refractivity contribution in [1.29, 1.82) is 0 Å². The number of hydrogen-bond acceptors (Lipinski definition) is 9. The molecule has 0 spiro atoms. The minimum atomic E-state index is -0.638. The maximum Gasteiger partial charge on any atom is 0.257 e. The summed E-state index contributed by atoms with van der Waals surface area (Å²) in [6.45, 7) is 3.58. The van der Waals surface area contributed by atoms with Crippen molar-refractivity contribution in [3.8, 4) is 23.0 Å². The number of rotatable bonds is 3. The predicted octanol–water partition coefficient (Wildman–Crippen LogP) is 4.55. The van der Waals surface area contributed by atoms with Crippen LogP contribution in [0.5, 0.6) is 23.0 Å². The van der Waals surface area contributed by atoms with Crippen LogP contribution < -0.4 is 24.4 Å². The van der Waals surface area contributed by atoms with Gasteiger partial charge in [-0.2, -0.15) is 0 Å². The second-order valence-corrected chi connectivity index (χ2v) is 11.5. The van der Waals surface area contributed by atoms with E-state index in [9.17, 15) is 14.0 Å². The zero-order chi connectivity index (χ0) is 32.3. The molecule has 12 heteroatoms. The van der Waals surface area contributed by atoms with Gasteiger partial charge >= 0.3 is 0 Å². The third-order valence-corrected chi connectivity index (χ3v) is 8.57.